The Hall–Kier alpha value is -3.00. The molecule has 0 radical (unpaired) electrons. The van der Waals surface area contributed by atoms with Crippen LogP contribution in [0.4, 0.5) is 5.82 Å². The molecular formula is C17H17ClN4O4. The highest BCUT2D eigenvalue weighted by molar-refractivity contribution is 6.34. The number of nitrogens with one attached hydrogen (secondary N) is 1. The van der Waals surface area contributed by atoms with Crippen LogP contribution >= 0.6 is 11.6 Å². The second kappa shape index (κ2) is 7.49. The SMILES string of the molecule is COC(=O)c1c(Cl)cc(NCc2ccc(OC)cc2OC)n2ncnc12. The molecule has 0 atom stereocenters. The lowest BCUT2D eigenvalue weighted by atomic mass is 10.2. The zero-order valence-electron chi connectivity index (χ0n) is 14.4. The predicted octanol–water partition coefficient (Wildman–Crippen LogP) is 2.80. The summed E-state index contributed by atoms with van der Waals surface area (Å²) in [6.45, 7) is 0.441. The number of anilines is 1. The van der Waals surface area contributed by atoms with E-state index < -0.39 is 5.97 Å². The highest BCUT2D eigenvalue weighted by Gasteiger charge is 2.20. The number of nitrogens with zero attached hydrogens (tertiary/aromatic N) is 3. The molecule has 8 nitrogen and oxygen atoms in total. The average Bonchev–Trinajstić information content (AvgIpc) is 3.14. The minimum absolute atomic E-state index is 0.166. The minimum Gasteiger partial charge on any atom is -0.497 e. The fraction of sp³-hybridized carbons (Fsp3) is 0.235. The van der Waals surface area contributed by atoms with E-state index in [0.29, 0.717) is 29.5 Å². The maximum Gasteiger partial charge on any atom is 0.343 e. The van der Waals surface area contributed by atoms with Gasteiger partial charge in [-0.2, -0.15) is 9.61 Å². The number of halogens is 1. The summed E-state index contributed by atoms with van der Waals surface area (Å²) in [6.07, 6.45) is 1.34. The fourth-order valence-electron chi connectivity index (χ4n) is 2.55. The van der Waals surface area contributed by atoms with Gasteiger partial charge in [0.2, 0.25) is 0 Å². The molecule has 0 bridgehead atoms. The molecule has 9 heteroatoms. The lowest BCUT2D eigenvalue weighted by Crippen LogP contribution is -2.11. The third kappa shape index (κ3) is 3.23. The first-order valence-corrected chi connectivity index (χ1v) is 8.02. The summed E-state index contributed by atoms with van der Waals surface area (Å²) in [5.74, 6) is 1.39. The van der Waals surface area contributed by atoms with Gasteiger partial charge in [0.1, 0.15) is 29.2 Å². The zero-order chi connectivity index (χ0) is 18.7. The van der Waals surface area contributed by atoms with Crippen molar-refractivity contribution in [1.82, 2.24) is 14.6 Å². The van der Waals surface area contributed by atoms with Crippen molar-refractivity contribution in [3.05, 3.63) is 46.7 Å². The molecule has 2 heterocycles. The van der Waals surface area contributed by atoms with E-state index in [1.54, 1.807) is 26.4 Å². The van der Waals surface area contributed by atoms with Crippen LogP contribution in [0.1, 0.15) is 15.9 Å². The lowest BCUT2D eigenvalue weighted by Gasteiger charge is -2.14. The van der Waals surface area contributed by atoms with Crippen molar-refractivity contribution in [1.29, 1.82) is 0 Å². The largest absolute Gasteiger partial charge is 0.497 e. The molecule has 1 N–H and O–H groups in total. The average molecular weight is 377 g/mol. The number of benzene rings is 1. The van der Waals surface area contributed by atoms with E-state index in [9.17, 15) is 4.79 Å². The molecule has 2 aromatic heterocycles. The second-order valence-corrected chi connectivity index (χ2v) is 5.68. The molecule has 136 valence electrons. The Balaban J connectivity index is 1.93. The molecule has 0 unspecified atom stereocenters. The van der Waals surface area contributed by atoms with E-state index in [1.807, 2.05) is 12.1 Å². The van der Waals surface area contributed by atoms with Crippen molar-refractivity contribution < 1.29 is 19.0 Å². The van der Waals surface area contributed by atoms with Gasteiger partial charge in [-0.1, -0.05) is 11.6 Å². The molecule has 0 saturated heterocycles. The van der Waals surface area contributed by atoms with Crippen LogP contribution in [-0.4, -0.2) is 41.9 Å². The normalized spacial score (nSPS) is 10.6. The highest BCUT2D eigenvalue weighted by atomic mass is 35.5. The molecule has 0 amide bonds. The van der Waals surface area contributed by atoms with E-state index in [-0.39, 0.29) is 10.6 Å². The van der Waals surface area contributed by atoms with E-state index in [4.69, 9.17) is 25.8 Å². The van der Waals surface area contributed by atoms with E-state index >= 15 is 0 Å². The number of hydrogen-bond acceptors (Lipinski definition) is 7. The minimum atomic E-state index is -0.573. The molecule has 3 aromatic rings. The number of fused-ring (bicyclic) bond motifs is 1. The van der Waals surface area contributed by atoms with Crippen LogP contribution in [0.25, 0.3) is 5.65 Å². The van der Waals surface area contributed by atoms with Crippen molar-refractivity contribution >= 4 is 29.0 Å². The highest BCUT2D eigenvalue weighted by Crippen LogP contribution is 2.28. The standard InChI is InChI=1S/C17H17ClN4O4/c1-24-11-5-4-10(13(6-11)25-2)8-19-14-7-12(18)15(17(23)26-3)16-20-9-21-22(14)16/h4-7,9,19H,8H2,1-3H3. The van der Waals surface area contributed by atoms with Gasteiger partial charge in [-0.15, -0.1) is 0 Å². The van der Waals surface area contributed by atoms with Crippen LogP contribution in [0.3, 0.4) is 0 Å². The second-order valence-electron chi connectivity index (χ2n) is 5.27. The summed E-state index contributed by atoms with van der Waals surface area (Å²) in [5, 5.41) is 7.60. The Bertz CT molecular complexity index is 957. The molecule has 1 aromatic carbocycles. The molecule has 26 heavy (non-hydrogen) atoms. The van der Waals surface area contributed by atoms with Crippen molar-refractivity contribution in [3.63, 3.8) is 0 Å². The van der Waals surface area contributed by atoms with Gasteiger partial charge in [0.05, 0.1) is 26.4 Å². The van der Waals surface area contributed by atoms with Gasteiger partial charge in [-0.25, -0.2) is 9.78 Å². The number of carbonyl (C=O) groups excluding carboxylic acids is 1. The molecular weight excluding hydrogens is 360 g/mol. The Labute approximate surface area is 154 Å². The van der Waals surface area contributed by atoms with Gasteiger partial charge in [0.25, 0.3) is 0 Å². The number of rotatable bonds is 6. The summed E-state index contributed by atoms with van der Waals surface area (Å²) < 4.78 is 16.9. The lowest BCUT2D eigenvalue weighted by molar-refractivity contribution is 0.0602. The maximum atomic E-state index is 11.9. The van der Waals surface area contributed by atoms with Crippen molar-refractivity contribution in [2.75, 3.05) is 26.6 Å². The summed E-state index contributed by atoms with van der Waals surface area (Å²) in [5.41, 5.74) is 1.39. The number of hydrogen-bond donors (Lipinski definition) is 1. The monoisotopic (exact) mass is 376 g/mol. The molecule has 3 rings (SSSR count). The number of methoxy groups -OCH3 is 3. The molecule has 0 saturated carbocycles. The first-order valence-electron chi connectivity index (χ1n) is 7.64. The third-order valence-electron chi connectivity index (χ3n) is 3.85. The number of esters is 1. The molecule has 0 aliphatic carbocycles. The Morgan fingerprint density at radius 2 is 2.04 bits per heavy atom. The molecule has 0 fully saturated rings. The van der Waals surface area contributed by atoms with Gasteiger partial charge in [-0.3, -0.25) is 0 Å². The summed E-state index contributed by atoms with van der Waals surface area (Å²) in [4.78, 5) is 16.1. The van der Waals surface area contributed by atoms with E-state index in [0.717, 1.165) is 5.56 Å². The van der Waals surface area contributed by atoms with E-state index in [1.165, 1.54) is 18.0 Å². The third-order valence-corrected chi connectivity index (χ3v) is 4.14. The molecule has 0 aliphatic heterocycles. The quantitative estimate of drug-likeness (QED) is 0.662. The van der Waals surface area contributed by atoms with Gasteiger partial charge in [-0.05, 0) is 12.1 Å². The summed E-state index contributed by atoms with van der Waals surface area (Å²) >= 11 is 6.26. The molecule has 0 aliphatic rings. The number of pyridine rings is 1. The van der Waals surface area contributed by atoms with Gasteiger partial charge in [0.15, 0.2) is 5.65 Å². The van der Waals surface area contributed by atoms with Crippen LogP contribution < -0.4 is 14.8 Å². The van der Waals surface area contributed by atoms with Gasteiger partial charge in [0, 0.05) is 24.2 Å². The van der Waals surface area contributed by atoms with Crippen LogP contribution in [0.2, 0.25) is 5.02 Å². The first-order chi connectivity index (χ1) is 12.6. The first kappa shape index (κ1) is 17.8. The maximum absolute atomic E-state index is 11.9. The van der Waals surface area contributed by atoms with Crippen LogP contribution in [0.5, 0.6) is 11.5 Å². The van der Waals surface area contributed by atoms with Crippen molar-refractivity contribution in [2.24, 2.45) is 0 Å². The summed E-state index contributed by atoms with van der Waals surface area (Å²) in [7, 11) is 4.47. The smallest absolute Gasteiger partial charge is 0.343 e. The van der Waals surface area contributed by atoms with E-state index in [2.05, 4.69) is 15.4 Å². The number of aromatic nitrogens is 3. The topological polar surface area (TPSA) is 87.0 Å². The Morgan fingerprint density at radius 3 is 2.73 bits per heavy atom. The number of ether oxygens (including phenoxy) is 3. The predicted molar refractivity (Wildman–Crippen MR) is 96.2 cm³/mol. The van der Waals surface area contributed by atoms with Gasteiger partial charge >= 0.3 is 5.97 Å². The number of carbonyl (C=O) groups is 1. The fourth-order valence-corrected chi connectivity index (χ4v) is 2.81. The van der Waals surface area contributed by atoms with Gasteiger partial charge < -0.3 is 19.5 Å². The van der Waals surface area contributed by atoms with Crippen molar-refractivity contribution in [2.45, 2.75) is 6.54 Å². The molecule has 0 spiro atoms. The summed E-state index contributed by atoms with van der Waals surface area (Å²) in [6, 6.07) is 7.15. The van der Waals surface area contributed by atoms with Crippen LogP contribution in [-0.2, 0) is 11.3 Å². The Kier molecular flexibility index (Phi) is 5.13. The Morgan fingerprint density at radius 1 is 1.23 bits per heavy atom. The zero-order valence-corrected chi connectivity index (χ0v) is 15.2. The van der Waals surface area contributed by atoms with Crippen molar-refractivity contribution in [3.8, 4) is 11.5 Å². The van der Waals surface area contributed by atoms with Crippen LogP contribution in [0, 0.1) is 0 Å². The van der Waals surface area contributed by atoms with Crippen LogP contribution in [0.15, 0.2) is 30.6 Å².